The first-order valence-electron chi connectivity index (χ1n) is 8.59. The highest BCUT2D eigenvalue weighted by atomic mass is 32.1. The van der Waals surface area contributed by atoms with Crippen molar-refractivity contribution in [1.29, 1.82) is 0 Å². The number of carbonyl (C=O) groups is 1. The summed E-state index contributed by atoms with van der Waals surface area (Å²) in [7, 11) is 3.20. The van der Waals surface area contributed by atoms with Gasteiger partial charge in [0.1, 0.15) is 0 Å². The van der Waals surface area contributed by atoms with Crippen molar-refractivity contribution >= 4 is 17.2 Å². The summed E-state index contributed by atoms with van der Waals surface area (Å²) in [6.07, 6.45) is 0. The molecule has 0 fully saturated rings. The number of carbonyl (C=O) groups excluding carboxylic acids is 1. The van der Waals surface area contributed by atoms with Crippen molar-refractivity contribution in [2.75, 3.05) is 20.8 Å². The molecule has 0 saturated carbocycles. The molecule has 26 heavy (non-hydrogen) atoms. The minimum Gasteiger partial charge on any atom is -0.493 e. The zero-order valence-corrected chi connectivity index (χ0v) is 16.9. The summed E-state index contributed by atoms with van der Waals surface area (Å²) in [5.41, 5.74) is 0.982. The van der Waals surface area contributed by atoms with Crippen LogP contribution in [0.4, 0.5) is 0 Å². The smallest absolute Gasteiger partial charge is 0.234 e. The molecular formula is C20H28N2O3S. The minimum atomic E-state index is -0.0365. The van der Waals surface area contributed by atoms with Crippen LogP contribution in [-0.4, -0.2) is 26.7 Å². The lowest BCUT2D eigenvalue weighted by atomic mass is 9.86. The van der Waals surface area contributed by atoms with E-state index in [2.05, 4.69) is 42.9 Å². The third-order valence-electron chi connectivity index (χ3n) is 4.10. The highest BCUT2D eigenvalue weighted by Crippen LogP contribution is 2.34. The summed E-state index contributed by atoms with van der Waals surface area (Å²) in [6, 6.07) is 9.90. The number of nitrogens with one attached hydrogen (secondary N) is 2. The second-order valence-electron chi connectivity index (χ2n) is 7.16. The molecular weight excluding hydrogens is 348 g/mol. The van der Waals surface area contributed by atoms with E-state index in [1.54, 1.807) is 25.6 Å². The van der Waals surface area contributed by atoms with E-state index in [0.717, 1.165) is 5.56 Å². The Morgan fingerprint density at radius 3 is 2.46 bits per heavy atom. The van der Waals surface area contributed by atoms with Crippen LogP contribution in [0, 0.1) is 5.41 Å². The van der Waals surface area contributed by atoms with Gasteiger partial charge in [-0.3, -0.25) is 4.79 Å². The Balaban J connectivity index is 1.90. The Morgan fingerprint density at radius 2 is 1.88 bits per heavy atom. The van der Waals surface area contributed by atoms with Crippen molar-refractivity contribution in [2.45, 2.75) is 33.4 Å². The average Bonchev–Trinajstić information content (AvgIpc) is 3.12. The lowest BCUT2D eigenvalue weighted by Gasteiger charge is -2.30. The molecule has 0 aliphatic heterocycles. The number of thiophene rings is 1. The third kappa shape index (κ3) is 5.47. The van der Waals surface area contributed by atoms with Crippen LogP contribution in [0.25, 0.3) is 0 Å². The fraction of sp³-hybridized carbons (Fsp3) is 0.450. The molecule has 1 atom stereocenters. The number of hydrogen-bond donors (Lipinski definition) is 2. The quantitative estimate of drug-likeness (QED) is 0.736. The van der Waals surface area contributed by atoms with Crippen molar-refractivity contribution < 1.29 is 14.3 Å². The molecule has 6 heteroatoms. The number of benzene rings is 1. The van der Waals surface area contributed by atoms with E-state index < -0.39 is 0 Å². The molecule has 5 nitrogen and oxygen atoms in total. The molecule has 2 rings (SSSR count). The van der Waals surface area contributed by atoms with Gasteiger partial charge in [-0.05, 0) is 34.6 Å². The molecule has 0 saturated heterocycles. The van der Waals surface area contributed by atoms with E-state index in [9.17, 15) is 4.79 Å². The summed E-state index contributed by atoms with van der Waals surface area (Å²) in [5, 5.41) is 8.40. The number of amides is 1. The van der Waals surface area contributed by atoms with Gasteiger partial charge >= 0.3 is 0 Å². The zero-order chi connectivity index (χ0) is 19.2. The molecule has 2 N–H and O–H groups in total. The predicted molar refractivity (Wildman–Crippen MR) is 106 cm³/mol. The van der Waals surface area contributed by atoms with Gasteiger partial charge in [0.25, 0.3) is 0 Å². The van der Waals surface area contributed by atoms with Crippen LogP contribution in [0.2, 0.25) is 0 Å². The Hall–Kier alpha value is -2.05. The third-order valence-corrected chi connectivity index (χ3v) is 5.04. The van der Waals surface area contributed by atoms with E-state index >= 15 is 0 Å². The molecule has 1 unspecified atom stereocenters. The van der Waals surface area contributed by atoms with Crippen molar-refractivity contribution in [1.82, 2.24) is 10.6 Å². The van der Waals surface area contributed by atoms with Crippen LogP contribution in [0.5, 0.6) is 11.5 Å². The molecule has 0 aliphatic rings. The standard InChI is InChI=1S/C20H28N2O3S/c1-20(2,3)19(17-7-6-10-26-17)22-13-18(23)21-12-14-8-9-15(24-4)16(11-14)25-5/h6-11,19,22H,12-13H2,1-5H3,(H,21,23). The van der Waals surface area contributed by atoms with Gasteiger partial charge in [0.05, 0.1) is 20.8 Å². The summed E-state index contributed by atoms with van der Waals surface area (Å²) in [4.78, 5) is 13.5. The molecule has 0 bridgehead atoms. The van der Waals surface area contributed by atoms with Crippen molar-refractivity contribution in [2.24, 2.45) is 5.41 Å². The molecule has 1 amide bonds. The Morgan fingerprint density at radius 1 is 1.15 bits per heavy atom. The molecule has 1 heterocycles. The van der Waals surface area contributed by atoms with E-state index in [-0.39, 0.29) is 23.9 Å². The molecule has 142 valence electrons. The first kappa shape index (κ1) is 20.3. The molecule has 0 aliphatic carbocycles. The maximum Gasteiger partial charge on any atom is 0.234 e. The second-order valence-corrected chi connectivity index (χ2v) is 8.14. The maximum atomic E-state index is 12.3. The highest BCUT2D eigenvalue weighted by Gasteiger charge is 2.27. The molecule has 1 aromatic carbocycles. The van der Waals surface area contributed by atoms with Gasteiger partial charge < -0.3 is 20.1 Å². The van der Waals surface area contributed by atoms with Gasteiger partial charge in [0, 0.05) is 17.5 Å². The van der Waals surface area contributed by atoms with Gasteiger partial charge in [-0.2, -0.15) is 0 Å². The molecule has 2 aromatic rings. The SMILES string of the molecule is COc1ccc(CNC(=O)CNC(c2cccs2)C(C)(C)C)cc1OC. The van der Waals surface area contributed by atoms with Crippen LogP contribution in [0.1, 0.15) is 37.3 Å². The van der Waals surface area contributed by atoms with Gasteiger partial charge in [0.15, 0.2) is 11.5 Å². The fourth-order valence-electron chi connectivity index (χ4n) is 2.74. The lowest BCUT2D eigenvalue weighted by Crippen LogP contribution is -2.39. The topological polar surface area (TPSA) is 59.6 Å². The lowest BCUT2D eigenvalue weighted by molar-refractivity contribution is -0.120. The minimum absolute atomic E-state index is 0.0223. The number of ether oxygens (including phenoxy) is 2. The van der Waals surface area contributed by atoms with Crippen molar-refractivity contribution in [3.63, 3.8) is 0 Å². The van der Waals surface area contributed by atoms with Crippen LogP contribution in [0.15, 0.2) is 35.7 Å². The fourth-order valence-corrected chi connectivity index (χ4v) is 3.78. The van der Waals surface area contributed by atoms with Crippen molar-refractivity contribution in [3.8, 4) is 11.5 Å². The summed E-state index contributed by atoms with van der Waals surface area (Å²) >= 11 is 1.71. The Kier molecular flexibility index (Phi) is 7.06. The van der Waals surface area contributed by atoms with Crippen LogP contribution in [-0.2, 0) is 11.3 Å². The maximum absolute atomic E-state index is 12.3. The number of rotatable bonds is 8. The van der Waals surface area contributed by atoms with Crippen LogP contribution in [0.3, 0.4) is 0 Å². The van der Waals surface area contributed by atoms with E-state index in [1.165, 1.54) is 4.88 Å². The van der Waals surface area contributed by atoms with E-state index in [0.29, 0.717) is 18.0 Å². The number of hydrogen-bond acceptors (Lipinski definition) is 5. The summed E-state index contributed by atoms with van der Waals surface area (Å²) < 4.78 is 10.5. The first-order chi connectivity index (χ1) is 12.3. The molecule has 1 aromatic heterocycles. The summed E-state index contributed by atoms with van der Waals surface area (Å²) in [5.74, 6) is 1.29. The molecule has 0 spiro atoms. The largest absolute Gasteiger partial charge is 0.493 e. The van der Waals surface area contributed by atoms with Gasteiger partial charge in [0.2, 0.25) is 5.91 Å². The Bertz CT molecular complexity index is 708. The average molecular weight is 377 g/mol. The predicted octanol–water partition coefficient (Wildman–Crippen LogP) is 3.76. The van der Waals surface area contributed by atoms with E-state index in [4.69, 9.17) is 9.47 Å². The highest BCUT2D eigenvalue weighted by molar-refractivity contribution is 7.10. The van der Waals surface area contributed by atoms with Gasteiger partial charge in [-0.15, -0.1) is 11.3 Å². The molecule has 0 radical (unpaired) electrons. The monoisotopic (exact) mass is 376 g/mol. The van der Waals surface area contributed by atoms with Crippen LogP contribution >= 0.6 is 11.3 Å². The van der Waals surface area contributed by atoms with Gasteiger partial charge in [-0.1, -0.05) is 32.9 Å². The normalized spacial score (nSPS) is 12.5. The zero-order valence-electron chi connectivity index (χ0n) is 16.1. The second kappa shape index (κ2) is 9.05. The van der Waals surface area contributed by atoms with Crippen molar-refractivity contribution in [3.05, 3.63) is 46.2 Å². The van der Waals surface area contributed by atoms with Crippen LogP contribution < -0.4 is 20.1 Å². The van der Waals surface area contributed by atoms with Gasteiger partial charge in [-0.25, -0.2) is 0 Å². The Labute approximate surface area is 159 Å². The number of methoxy groups -OCH3 is 2. The summed E-state index contributed by atoms with van der Waals surface area (Å²) in [6.45, 7) is 7.23. The van der Waals surface area contributed by atoms with E-state index in [1.807, 2.05) is 24.3 Å². The first-order valence-corrected chi connectivity index (χ1v) is 9.47.